The van der Waals surface area contributed by atoms with Crippen LogP contribution in [0.2, 0.25) is 0 Å². The number of hydrogen-bond acceptors (Lipinski definition) is 0. The second-order valence-electron chi connectivity index (χ2n) is 2.57. The highest BCUT2D eigenvalue weighted by atomic mass is 19.0. The van der Waals surface area contributed by atoms with E-state index in [0.29, 0.717) is 0 Å². The van der Waals surface area contributed by atoms with Crippen molar-refractivity contribution >= 4 is 0 Å². The average Bonchev–Trinajstić information content (AvgIpc) is 1.87. The molecule has 0 aromatic carbocycles. The first-order valence-electron chi connectivity index (χ1n) is 3.52. The molecule has 0 saturated heterocycles. The Kier molecular flexibility index (Phi) is 19.9. The van der Waals surface area contributed by atoms with Gasteiger partial charge in [0.15, 0.2) is 0 Å². The molecule has 1 nitrogen and oxygen atoms in total. The van der Waals surface area contributed by atoms with E-state index in [1.807, 2.05) is 0 Å². The van der Waals surface area contributed by atoms with Crippen molar-refractivity contribution in [1.82, 2.24) is 0 Å². The summed E-state index contributed by atoms with van der Waals surface area (Å²) in [6, 6.07) is 0. The quantitative estimate of drug-likeness (QED) is 0.473. The fourth-order valence-electron chi connectivity index (χ4n) is 0.671. The lowest BCUT2D eigenvalue weighted by molar-refractivity contribution is -0.904. The van der Waals surface area contributed by atoms with Gasteiger partial charge in [0.1, 0.15) is 0 Å². The molecule has 0 spiro atoms. The number of nitrogens with zero attached hydrogens (tertiary/aromatic N) is 1. The molecule has 0 fully saturated rings. The molecule has 0 aliphatic heterocycles. The molecule has 0 heterocycles. The molecule has 0 aromatic rings. The molecule has 11 heavy (non-hydrogen) atoms. The average molecular weight is 175 g/mol. The molecular formula is C7H20F3N. The molecule has 0 aliphatic carbocycles. The van der Waals surface area contributed by atoms with Gasteiger partial charge in [0.05, 0.1) is 26.7 Å². The molecule has 0 amide bonds. The van der Waals surface area contributed by atoms with Crippen molar-refractivity contribution in [3.05, 3.63) is 0 Å². The van der Waals surface area contributed by atoms with E-state index in [1.54, 1.807) is 0 Å². The van der Waals surface area contributed by atoms with Crippen LogP contribution in [0.3, 0.4) is 0 Å². The second-order valence-corrected chi connectivity index (χ2v) is 2.57. The Labute approximate surface area is 67.1 Å². The lowest BCUT2D eigenvalue weighted by Gasteiger charge is -2.30. The molecule has 0 rings (SSSR count). The van der Waals surface area contributed by atoms with Crippen molar-refractivity contribution in [2.24, 2.45) is 0 Å². The summed E-state index contributed by atoms with van der Waals surface area (Å²) in [6.07, 6.45) is 0. The van der Waals surface area contributed by atoms with E-state index >= 15 is 0 Å². The van der Waals surface area contributed by atoms with Gasteiger partial charge in [0.25, 0.3) is 0 Å². The van der Waals surface area contributed by atoms with Crippen molar-refractivity contribution in [1.29, 1.82) is 0 Å². The topological polar surface area (TPSA) is 0 Å². The second kappa shape index (κ2) is 9.75. The maximum absolute atomic E-state index is 2.29. The molecule has 0 N–H and O–H groups in total. The van der Waals surface area contributed by atoms with Crippen LogP contribution < -0.4 is 4.70 Å². The van der Waals surface area contributed by atoms with Gasteiger partial charge in [-0.05, 0) is 20.8 Å². The third-order valence-electron chi connectivity index (χ3n) is 2.29. The van der Waals surface area contributed by atoms with Crippen LogP contribution in [0.15, 0.2) is 0 Å². The smallest absolute Gasteiger partial charge is 0.0755 e. The number of quaternary nitrogens is 1. The van der Waals surface area contributed by atoms with Crippen LogP contribution in [0.5, 0.6) is 0 Å². The zero-order chi connectivity index (χ0) is 6.62. The van der Waals surface area contributed by atoms with Crippen molar-refractivity contribution in [3.63, 3.8) is 0 Å². The zero-order valence-corrected chi connectivity index (χ0v) is 7.76. The summed E-state index contributed by atoms with van der Waals surface area (Å²) in [5.74, 6) is 0. The van der Waals surface area contributed by atoms with Crippen LogP contribution in [0.1, 0.15) is 20.8 Å². The van der Waals surface area contributed by atoms with Gasteiger partial charge in [-0.15, -0.1) is 0 Å². The molecule has 0 saturated carbocycles. The van der Waals surface area contributed by atoms with Crippen LogP contribution in [0, 0.1) is 0 Å². The summed E-state index contributed by atoms with van der Waals surface area (Å²) in [7, 11) is 2.29. The third-order valence-corrected chi connectivity index (χ3v) is 2.29. The van der Waals surface area contributed by atoms with Gasteiger partial charge in [0.2, 0.25) is 0 Å². The van der Waals surface area contributed by atoms with Crippen molar-refractivity contribution in [3.8, 4) is 0 Å². The molecule has 74 valence electrons. The molecule has 0 aliphatic rings. The number of halogens is 3. The van der Waals surface area contributed by atoms with Crippen LogP contribution in [0.25, 0.3) is 0 Å². The fraction of sp³-hybridized carbons (Fsp3) is 1.00. The van der Waals surface area contributed by atoms with Crippen molar-refractivity contribution in [2.45, 2.75) is 20.8 Å². The molecular weight excluding hydrogens is 155 g/mol. The highest BCUT2D eigenvalue weighted by Gasteiger charge is 2.10. The van der Waals surface area contributed by atoms with Gasteiger partial charge >= 0.3 is 0 Å². The summed E-state index contributed by atoms with van der Waals surface area (Å²) < 4.78 is 1.21. The highest BCUT2D eigenvalue weighted by Crippen LogP contribution is 1.97. The maximum atomic E-state index is 2.29. The van der Waals surface area contributed by atoms with E-state index < -0.39 is 0 Å². The third kappa shape index (κ3) is 7.65. The van der Waals surface area contributed by atoms with Crippen LogP contribution in [-0.4, -0.2) is 31.2 Å². The van der Waals surface area contributed by atoms with Gasteiger partial charge in [-0.2, -0.15) is 0 Å². The van der Waals surface area contributed by atoms with E-state index in [0.717, 1.165) is 0 Å². The summed E-state index contributed by atoms with van der Waals surface area (Å²) in [6.45, 7) is 10.5. The van der Waals surface area contributed by atoms with E-state index in [2.05, 4.69) is 27.8 Å². The van der Waals surface area contributed by atoms with Gasteiger partial charge in [-0.1, -0.05) is 0 Å². The summed E-state index contributed by atoms with van der Waals surface area (Å²) in [5, 5.41) is 0. The predicted octanol–water partition coefficient (Wildman–Crippen LogP) is -1.20. The van der Waals surface area contributed by atoms with Crippen molar-refractivity contribution in [2.75, 3.05) is 26.7 Å². The summed E-state index contributed by atoms with van der Waals surface area (Å²) in [5.41, 5.74) is 0. The van der Waals surface area contributed by atoms with Gasteiger partial charge in [-0.3, -0.25) is 9.41 Å². The minimum Gasteiger partial charge on any atom is -1.00 e. The maximum Gasteiger partial charge on any atom is 0.0755 e. The van der Waals surface area contributed by atoms with Crippen LogP contribution in [-0.2, 0) is 0 Å². The fourth-order valence-corrected chi connectivity index (χ4v) is 0.671. The lowest BCUT2D eigenvalue weighted by Crippen LogP contribution is -3.00. The molecule has 0 atom stereocenters. The Balaban J connectivity index is -0.0000000817. The predicted molar refractivity (Wildman–Crippen MR) is 42.8 cm³/mol. The Bertz CT molecular complexity index is 56.4. The lowest BCUT2D eigenvalue weighted by atomic mass is 10.4. The Morgan fingerprint density at radius 1 is 0.818 bits per heavy atom. The zero-order valence-electron chi connectivity index (χ0n) is 7.76. The van der Waals surface area contributed by atoms with Crippen LogP contribution >= 0.6 is 0 Å². The molecule has 0 bridgehead atoms. The highest BCUT2D eigenvalue weighted by molar-refractivity contribution is 4.24. The molecule has 4 heteroatoms. The van der Waals surface area contributed by atoms with E-state index in [-0.39, 0.29) is 14.1 Å². The first-order valence-corrected chi connectivity index (χ1v) is 3.52. The first-order chi connectivity index (χ1) is 3.68. The van der Waals surface area contributed by atoms with E-state index in [9.17, 15) is 0 Å². The molecule has 0 radical (unpaired) electrons. The minimum absolute atomic E-state index is 0. The Morgan fingerprint density at radius 2 is 1.00 bits per heavy atom. The normalized spacial score (nSPS) is 8.73. The Hall–Kier alpha value is -0.250. The summed E-state index contributed by atoms with van der Waals surface area (Å²) in [4.78, 5) is 0. The van der Waals surface area contributed by atoms with Gasteiger partial charge in [0, 0.05) is 0 Å². The molecule has 0 aromatic heterocycles. The van der Waals surface area contributed by atoms with Gasteiger partial charge < -0.3 is 9.19 Å². The minimum atomic E-state index is 0. The van der Waals surface area contributed by atoms with Crippen molar-refractivity contribution < 1.29 is 18.6 Å². The monoisotopic (exact) mass is 175 g/mol. The summed E-state index contributed by atoms with van der Waals surface area (Å²) >= 11 is 0. The van der Waals surface area contributed by atoms with E-state index in [1.165, 1.54) is 24.1 Å². The van der Waals surface area contributed by atoms with Crippen LogP contribution in [0.4, 0.5) is 9.41 Å². The van der Waals surface area contributed by atoms with E-state index in [4.69, 9.17) is 0 Å². The molecule has 0 unspecified atom stereocenters. The number of hydrogen-bond donors (Lipinski definition) is 0. The SMILES string of the molecule is CC[N+](C)(CC)CC.F.F.[F-]. The first kappa shape index (κ1) is 22.4. The largest absolute Gasteiger partial charge is 1.00 e. The van der Waals surface area contributed by atoms with Gasteiger partial charge in [-0.25, -0.2) is 0 Å². The number of rotatable bonds is 3. The standard InChI is InChI=1S/C7H18N.3FH/c1-5-8(4,6-2)7-3;;;/h5-7H2,1-4H3;3*1H/q+1;;;/p-1. The Morgan fingerprint density at radius 3 is 1.00 bits per heavy atom.